The van der Waals surface area contributed by atoms with E-state index in [0.717, 1.165) is 4.47 Å². The molecule has 2 rings (SSSR count). The Hall–Kier alpha value is -1.07. The summed E-state index contributed by atoms with van der Waals surface area (Å²) in [6, 6.07) is 4.85. The molecule has 0 aliphatic carbocycles. The molecule has 1 fully saturated rings. The fraction of sp³-hybridized carbons (Fsp3) is 0.467. The Labute approximate surface area is 137 Å². The topological polar surface area (TPSA) is 57.6 Å². The van der Waals surface area contributed by atoms with Crippen LogP contribution in [0.1, 0.15) is 37.8 Å². The van der Waals surface area contributed by atoms with Gasteiger partial charge in [0.1, 0.15) is 0 Å². The van der Waals surface area contributed by atoms with E-state index in [0.29, 0.717) is 36.4 Å². The van der Waals surface area contributed by atoms with Crippen molar-refractivity contribution in [3.05, 3.63) is 33.3 Å². The van der Waals surface area contributed by atoms with Crippen LogP contribution in [0.25, 0.3) is 0 Å². The number of hydrogen-bond acceptors (Lipinski definition) is 2. The van der Waals surface area contributed by atoms with Crippen molar-refractivity contribution < 1.29 is 14.7 Å². The maximum Gasteiger partial charge on any atom is 0.308 e. The van der Waals surface area contributed by atoms with E-state index in [4.69, 9.17) is 11.6 Å². The first-order valence-electron chi connectivity index (χ1n) is 6.93. The molecule has 1 saturated heterocycles. The monoisotopic (exact) mass is 373 g/mol. The molecule has 1 aromatic rings. The van der Waals surface area contributed by atoms with Gasteiger partial charge in [-0.15, -0.1) is 0 Å². The third-order valence-corrected chi connectivity index (χ3v) is 4.70. The predicted octanol–water partition coefficient (Wildman–Crippen LogP) is 3.88. The standard InChI is InChI=1S/C15H17BrClNO3/c1-2-18-13(19)5-3-4-11(15(20)21)14(18)10-7-6-9(16)8-12(10)17/h6-8,11,14H,2-5H2,1H3,(H,20,21). The molecule has 1 heterocycles. The van der Waals surface area contributed by atoms with Gasteiger partial charge in [-0.1, -0.05) is 33.6 Å². The molecular formula is C15H17BrClNO3. The first-order valence-corrected chi connectivity index (χ1v) is 8.10. The van der Waals surface area contributed by atoms with Crippen LogP contribution in [0.3, 0.4) is 0 Å². The fourth-order valence-electron chi connectivity index (χ4n) is 2.90. The van der Waals surface area contributed by atoms with Gasteiger partial charge in [0.15, 0.2) is 0 Å². The number of rotatable bonds is 3. The first kappa shape index (κ1) is 16.3. The van der Waals surface area contributed by atoms with E-state index in [1.165, 1.54) is 0 Å². The van der Waals surface area contributed by atoms with Crippen LogP contribution in [0.5, 0.6) is 0 Å². The van der Waals surface area contributed by atoms with Crippen LogP contribution in [0, 0.1) is 5.92 Å². The third kappa shape index (κ3) is 3.40. The summed E-state index contributed by atoms with van der Waals surface area (Å²) < 4.78 is 0.825. The zero-order valence-corrected chi connectivity index (χ0v) is 14.0. The molecule has 2 atom stereocenters. The van der Waals surface area contributed by atoms with Crippen LogP contribution in [-0.4, -0.2) is 28.4 Å². The van der Waals surface area contributed by atoms with E-state index < -0.39 is 17.9 Å². The number of carboxylic acids is 1. The minimum absolute atomic E-state index is 0.00904. The second kappa shape index (κ2) is 6.79. The van der Waals surface area contributed by atoms with E-state index in [-0.39, 0.29) is 5.91 Å². The minimum atomic E-state index is -0.882. The van der Waals surface area contributed by atoms with Crippen LogP contribution in [-0.2, 0) is 9.59 Å². The van der Waals surface area contributed by atoms with Crippen molar-refractivity contribution in [2.45, 2.75) is 32.2 Å². The van der Waals surface area contributed by atoms with Crippen molar-refractivity contribution in [1.82, 2.24) is 4.90 Å². The van der Waals surface area contributed by atoms with E-state index in [2.05, 4.69) is 15.9 Å². The number of aliphatic carboxylic acids is 1. The fourth-order valence-corrected chi connectivity index (χ4v) is 3.69. The van der Waals surface area contributed by atoms with E-state index in [1.807, 2.05) is 13.0 Å². The molecule has 0 bridgehead atoms. The normalized spacial score (nSPS) is 23.0. The number of benzene rings is 1. The van der Waals surface area contributed by atoms with Crippen LogP contribution in [0.15, 0.2) is 22.7 Å². The summed E-state index contributed by atoms with van der Waals surface area (Å²) in [6.07, 6.45) is 1.47. The summed E-state index contributed by atoms with van der Waals surface area (Å²) in [7, 11) is 0. The summed E-state index contributed by atoms with van der Waals surface area (Å²) >= 11 is 9.64. The molecule has 6 heteroatoms. The van der Waals surface area contributed by atoms with Gasteiger partial charge in [0.05, 0.1) is 12.0 Å². The van der Waals surface area contributed by atoms with Gasteiger partial charge in [0, 0.05) is 22.5 Å². The third-order valence-electron chi connectivity index (χ3n) is 3.88. The molecule has 0 aromatic heterocycles. The number of carbonyl (C=O) groups is 2. The lowest BCUT2D eigenvalue weighted by atomic mass is 9.89. The maximum atomic E-state index is 12.3. The lowest BCUT2D eigenvalue weighted by Gasteiger charge is -2.33. The van der Waals surface area contributed by atoms with Gasteiger partial charge in [-0.3, -0.25) is 9.59 Å². The molecule has 0 saturated carbocycles. The Balaban J connectivity index is 2.53. The minimum Gasteiger partial charge on any atom is -0.481 e. The number of halogens is 2. The molecule has 1 aliphatic rings. The lowest BCUT2D eigenvalue weighted by Crippen LogP contribution is -2.39. The lowest BCUT2D eigenvalue weighted by molar-refractivity contribution is -0.146. The van der Waals surface area contributed by atoms with E-state index >= 15 is 0 Å². The van der Waals surface area contributed by atoms with Crippen molar-refractivity contribution in [2.75, 3.05) is 6.54 Å². The Kier molecular flexibility index (Phi) is 5.27. The largest absolute Gasteiger partial charge is 0.481 e. The van der Waals surface area contributed by atoms with Crippen molar-refractivity contribution in [1.29, 1.82) is 0 Å². The van der Waals surface area contributed by atoms with Crippen molar-refractivity contribution in [3.8, 4) is 0 Å². The quantitative estimate of drug-likeness (QED) is 0.873. The highest BCUT2D eigenvalue weighted by Gasteiger charge is 2.38. The second-order valence-electron chi connectivity index (χ2n) is 5.13. The highest BCUT2D eigenvalue weighted by atomic mass is 79.9. The summed E-state index contributed by atoms with van der Waals surface area (Å²) in [6.45, 7) is 2.33. The molecule has 1 amide bonds. The molecular weight excluding hydrogens is 358 g/mol. The van der Waals surface area contributed by atoms with Crippen LogP contribution >= 0.6 is 27.5 Å². The number of carboxylic acid groups (broad SMARTS) is 1. The summed E-state index contributed by atoms with van der Waals surface area (Å²) in [5.74, 6) is -1.52. The van der Waals surface area contributed by atoms with E-state index in [1.54, 1.807) is 17.0 Å². The average molecular weight is 375 g/mol. The average Bonchev–Trinajstić information content (AvgIpc) is 2.57. The SMILES string of the molecule is CCN1C(=O)CCCC(C(=O)O)C1c1ccc(Br)cc1Cl. The molecule has 114 valence electrons. The van der Waals surface area contributed by atoms with Crippen molar-refractivity contribution in [3.63, 3.8) is 0 Å². The number of carbonyl (C=O) groups excluding carboxylic acids is 1. The van der Waals surface area contributed by atoms with Gasteiger partial charge >= 0.3 is 5.97 Å². The Morgan fingerprint density at radius 3 is 2.81 bits per heavy atom. The Bertz CT molecular complexity index is 562. The molecule has 4 nitrogen and oxygen atoms in total. The molecule has 1 aliphatic heterocycles. The number of likely N-dealkylation sites (tertiary alicyclic amines) is 1. The van der Waals surface area contributed by atoms with Crippen molar-refractivity contribution in [2.24, 2.45) is 5.92 Å². The molecule has 0 radical (unpaired) electrons. The zero-order chi connectivity index (χ0) is 15.6. The number of amides is 1. The van der Waals surface area contributed by atoms with Gasteiger partial charge in [0.25, 0.3) is 0 Å². The highest BCUT2D eigenvalue weighted by Crippen LogP contribution is 2.39. The first-order chi connectivity index (χ1) is 9.95. The van der Waals surface area contributed by atoms with Gasteiger partial charge in [-0.25, -0.2) is 0 Å². The van der Waals surface area contributed by atoms with Gasteiger partial charge in [-0.2, -0.15) is 0 Å². The van der Waals surface area contributed by atoms with E-state index in [9.17, 15) is 14.7 Å². The summed E-state index contributed by atoms with van der Waals surface area (Å²) in [5, 5.41) is 10.0. The van der Waals surface area contributed by atoms with Gasteiger partial charge < -0.3 is 10.0 Å². The summed E-state index contributed by atoms with van der Waals surface area (Å²) in [5.41, 5.74) is 0.698. The molecule has 1 N–H and O–H groups in total. The van der Waals surface area contributed by atoms with Gasteiger partial charge in [-0.05, 0) is 37.5 Å². The van der Waals surface area contributed by atoms with Crippen LogP contribution in [0.4, 0.5) is 0 Å². The molecule has 21 heavy (non-hydrogen) atoms. The summed E-state index contributed by atoms with van der Waals surface area (Å²) in [4.78, 5) is 25.5. The maximum absolute atomic E-state index is 12.3. The molecule has 2 unspecified atom stereocenters. The predicted molar refractivity (Wildman–Crippen MR) is 84.3 cm³/mol. The van der Waals surface area contributed by atoms with Crippen LogP contribution < -0.4 is 0 Å². The highest BCUT2D eigenvalue weighted by molar-refractivity contribution is 9.10. The number of hydrogen-bond donors (Lipinski definition) is 1. The van der Waals surface area contributed by atoms with Crippen molar-refractivity contribution >= 4 is 39.4 Å². The van der Waals surface area contributed by atoms with Gasteiger partial charge in [0.2, 0.25) is 5.91 Å². The smallest absolute Gasteiger partial charge is 0.308 e. The zero-order valence-electron chi connectivity index (χ0n) is 11.7. The molecule has 1 aromatic carbocycles. The molecule has 0 spiro atoms. The Morgan fingerprint density at radius 2 is 2.24 bits per heavy atom. The Morgan fingerprint density at radius 1 is 1.52 bits per heavy atom. The number of nitrogens with zero attached hydrogens (tertiary/aromatic N) is 1. The second-order valence-corrected chi connectivity index (χ2v) is 6.45. The van der Waals surface area contributed by atoms with Crippen LogP contribution in [0.2, 0.25) is 5.02 Å².